The fraction of sp³-hybridized carbons (Fsp3) is 0.500. The number of nitrogens with one attached hydrogen (secondary N) is 1. The highest BCUT2D eigenvalue weighted by Crippen LogP contribution is 2.24. The molecule has 1 saturated heterocycles. The summed E-state index contributed by atoms with van der Waals surface area (Å²) in [4.78, 5) is 0.410. The Labute approximate surface area is 98.6 Å². The maximum atomic E-state index is 13.3. The van der Waals surface area contributed by atoms with Gasteiger partial charge in [-0.1, -0.05) is 6.42 Å². The molecule has 4 heteroatoms. The van der Waals surface area contributed by atoms with Crippen LogP contribution in [0.2, 0.25) is 0 Å². The van der Waals surface area contributed by atoms with Gasteiger partial charge in [0.05, 0.1) is 0 Å². The summed E-state index contributed by atoms with van der Waals surface area (Å²) in [6.07, 6.45) is 3.57. The highest BCUT2D eigenvalue weighted by molar-refractivity contribution is 7.99. The molecule has 0 aliphatic carbocycles. The van der Waals surface area contributed by atoms with Gasteiger partial charge in [-0.3, -0.25) is 0 Å². The van der Waals surface area contributed by atoms with E-state index < -0.39 is 0 Å². The summed E-state index contributed by atoms with van der Waals surface area (Å²) in [5.41, 5.74) is 0. The highest BCUT2D eigenvalue weighted by Gasteiger charge is 2.13. The number of rotatable bonds is 3. The van der Waals surface area contributed by atoms with Crippen molar-refractivity contribution < 1.29 is 8.78 Å². The van der Waals surface area contributed by atoms with Crippen LogP contribution in [0.25, 0.3) is 0 Å². The number of hydrogen-bond donors (Lipinski definition) is 1. The standard InChI is InChI=1S/C12H15F2NS/c13-9-4-5-11(14)12(7-9)16-8-10-3-1-2-6-15-10/h4-5,7,10,15H,1-3,6,8H2. The van der Waals surface area contributed by atoms with Crippen molar-refractivity contribution in [3.63, 3.8) is 0 Å². The van der Waals surface area contributed by atoms with Gasteiger partial charge >= 0.3 is 0 Å². The summed E-state index contributed by atoms with van der Waals surface area (Å²) < 4.78 is 26.2. The van der Waals surface area contributed by atoms with E-state index in [-0.39, 0.29) is 11.6 Å². The van der Waals surface area contributed by atoms with Crippen molar-refractivity contribution >= 4 is 11.8 Å². The third-order valence-electron chi connectivity index (χ3n) is 2.75. The first-order valence-electron chi connectivity index (χ1n) is 5.57. The van der Waals surface area contributed by atoms with Gasteiger partial charge in [0.25, 0.3) is 0 Å². The second-order valence-electron chi connectivity index (χ2n) is 4.03. The molecule has 1 aliphatic heterocycles. The summed E-state index contributed by atoms with van der Waals surface area (Å²) in [5, 5.41) is 3.39. The van der Waals surface area contributed by atoms with Crippen LogP contribution in [-0.2, 0) is 0 Å². The smallest absolute Gasteiger partial charge is 0.136 e. The molecule has 1 aromatic carbocycles. The van der Waals surface area contributed by atoms with E-state index >= 15 is 0 Å². The van der Waals surface area contributed by atoms with E-state index in [1.807, 2.05) is 0 Å². The van der Waals surface area contributed by atoms with E-state index in [4.69, 9.17) is 0 Å². The monoisotopic (exact) mass is 243 g/mol. The van der Waals surface area contributed by atoms with Crippen molar-refractivity contribution in [1.29, 1.82) is 0 Å². The predicted molar refractivity (Wildman–Crippen MR) is 62.7 cm³/mol. The lowest BCUT2D eigenvalue weighted by Crippen LogP contribution is -2.35. The molecule has 0 bridgehead atoms. The van der Waals surface area contributed by atoms with Crippen molar-refractivity contribution in [3.8, 4) is 0 Å². The van der Waals surface area contributed by atoms with Crippen LogP contribution in [0, 0.1) is 11.6 Å². The Morgan fingerprint density at radius 3 is 2.94 bits per heavy atom. The van der Waals surface area contributed by atoms with Crippen molar-refractivity contribution in [2.75, 3.05) is 12.3 Å². The van der Waals surface area contributed by atoms with E-state index in [9.17, 15) is 8.78 Å². The average molecular weight is 243 g/mol. The Morgan fingerprint density at radius 2 is 2.19 bits per heavy atom. The molecule has 0 spiro atoms. The van der Waals surface area contributed by atoms with Crippen molar-refractivity contribution in [2.45, 2.75) is 30.2 Å². The van der Waals surface area contributed by atoms with Crippen LogP contribution in [0.3, 0.4) is 0 Å². The first-order valence-corrected chi connectivity index (χ1v) is 6.55. The maximum Gasteiger partial charge on any atom is 0.136 e. The first kappa shape index (κ1) is 11.9. The van der Waals surface area contributed by atoms with Crippen LogP contribution in [0.15, 0.2) is 23.1 Å². The van der Waals surface area contributed by atoms with Crippen LogP contribution >= 0.6 is 11.8 Å². The van der Waals surface area contributed by atoms with Crippen LogP contribution in [0.1, 0.15) is 19.3 Å². The van der Waals surface area contributed by atoms with Crippen LogP contribution in [0.4, 0.5) is 8.78 Å². The molecule has 0 saturated carbocycles. The van der Waals surface area contributed by atoms with Crippen molar-refractivity contribution in [3.05, 3.63) is 29.8 Å². The molecule has 2 rings (SSSR count). The van der Waals surface area contributed by atoms with Crippen LogP contribution < -0.4 is 5.32 Å². The number of benzene rings is 1. The van der Waals surface area contributed by atoms with Crippen LogP contribution in [-0.4, -0.2) is 18.3 Å². The van der Waals surface area contributed by atoms with Gasteiger partial charge < -0.3 is 5.32 Å². The molecular weight excluding hydrogens is 228 g/mol. The summed E-state index contributed by atoms with van der Waals surface area (Å²) in [6, 6.07) is 4.04. The highest BCUT2D eigenvalue weighted by atomic mass is 32.2. The Balaban J connectivity index is 1.90. The number of hydrogen-bond acceptors (Lipinski definition) is 2. The number of piperidine rings is 1. The van der Waals surface area contributed by atoms with Gasteiger partial charge in [-0.25, -0.2) is 8.78 Å². The molecule has 0 radical (unpaired) electrons. The third-order valence-corrected chi connectivity index (χ3v) is 3.94. The minimum Gasteiger partial charge on any atom is -0.313 e. The van der Waals surface area contributed by atoms with Crippen LogP contribution in [0.5, 0.6) is 0 Å². The molecule has 1 nitrogen and oxygen atoms in total. The molecule has 1 atom stereocenters. The molecule has 0 aromatic heterocycles. The Kier molecular flexibility index (Phi) is 4.18. The maximum absolute atomic E-state index is 13.3. The van der Waals surface area contributed by atoms with Gasteiger partial charge in [-0.2, -0.15) is 0 Å². The van der Waals surface area contributed by atoms with E-state index in [2.05, 4.69) is 5.32 Å². The molecule has 16 heavy (non-hydrogen) atoms. The molecule has 88 valence electrons. The number of halogens is 2. The lowest BCUT2D eigenvalue weighted by Gasteiger charge is -2.22. The number of thioether (sulfide) groups is 1. The van der Waals surface area contributed by atoms with E-state index in [1.165, 1.54) is 36.7 Å². The molecule has 1 aromatic rings. The SMILES string of the molecule is Fc1ccc(F)c(SCC2CCCCN2)c1. The zero-order chi connectivity index (χ0) is 11.4. The zero-order valence-corrected chi connectivity index (χ0v) is 9.83. The fourth-order valence-corrected chi connectivity index (χ4v) is 2.91. The summed E-state index contributed by atoms with van der Waals surface area (Å²) in [7, 11) is 0. The largest absolute Gasteiger partial charge is 0.313 e. The van der Waals surface area contributed by atoms with Gasteiger partial charge in [0, 0.05) is 16.7 Å². The lowest BCUT2D eigenvalue weighted by atomic mass is 10.1. The Bertz CT molecular complexity index is 351. The average Bonchev–Trinajstić information content (AvgIpc) is 2.32. The van der Waals surface area contributed by atoms with Crippen molar-refractivity contribution in [1.82, 2.24) is 5.32 Å². The fourth-order valence-electron chi connectivity index (χ4n) is 1.84. The third kappa shape index (κ3) is 3.19. The molecule has 0 amide bonds. The molecule has 1 aliphatic rings. The lowest BCUT2D eigenvalue weighted by molar-refractivity contribution is 0.429. The van der Waals surface area contributed by atoms with Crippen molar-refractivity contribution in [2.24, 2.45) is 0 Å². The molecular formula is C12H15F2NS. The second-order valence-corrected chi connectivity index (χ2v) is 5.09. The van der Waals surface area contributed by atoms with Gasteiger partial charge in [-0.05, 0) is 37.6 Å². The minimum atomic E-state index is -0.375. The summed E-state index contributed by atoms with van der Waals surface area (Å²) >= 11 is 1.39. The minimum absolute atomic E-state index is 0.331. The first-order chi connectivity index (χ1) is 7.75. The van der Waals surface area contributed by atoms with E-state index in [1.54, 1.807) is 0 Å². The topological polar surface area (TPSA) is 12.0 Å². The predicted octanol–water partition coefficient (Wildman–Crippen LogP) is 3.20. The molecule has 1 unspecified atom stereocenters. The summed E-state index contributed by atoms with van der Waals surface area (Å²) in [5.74, 6) is 0.100. The van der Waals surface area contributed by atoms with Gasteiger partial charge in [0.2, 0.25) is 0 Å². The Hall–Kier alpha value is -0.610. The zero-order valence-electron chi connectivity index (χ0n) is 9.01. The molecule has 1 fully saturated rings. The Morgan fingerprint density at radius 1 is 1.31 bits per heavy atom. The van der Waals surface area contributed by atoms with Gasteiger partial charge in [0.15, 0.2) is 0 Å². The summed E-state index contributed by atoms with van der Waals surface area (Å²) in [6.45, 7) is 1.04. The van der Waals surface area contributed by atoms with E-state index in [0.717, 1.165) is 24.8 Å². The molecule has 1 N–H and O–H groups in total. The van der Waals surface area contributed by atoms with Gasteiger partial charge in [0.1, 0.15) is 11.6 Å². The normalized spacial score (nSPS) is 21.0. The molecule has 1 heterocycles. The second kappa shape index (κ2) is 5.64. The quantitative estimate of drug-likeness (QED) is 0.818. The van der Waals surface area contributed by atoms with E-state index in [0.29, 0.717) is 10.9 Å². The van der Waals surface area contributed by atoms with Gasteiger partial charge in [-0.15, -0.1) is 11.8 Å².